The van der Waals surface area contributed by atoms with E-state index in [-0.39, 0.29) is 0 Å². The lowest BCUT2D eigenvalue weighted by Gasteiger charge is -2.35. The van der Waals surface area contributed by atoms with Gasteiger partial charge in [-0.1, -0.05) is 32.0 Å². The second-order valence-corrected chi connectivity index (χ2v) is 8.48. The summed E-state index contributed by atoms with van der Waals surface area (Å²) >= 11 is 0. The molecule has 1 aromatic carbocycles. The zero-order valence-electron chi connectivity index (χ0n) is 17.0. The van der Waals surface area contributed by atoms with Crippen LogP contribution in [0.5, 0.6) is 5.75 Å². The van der Waals surface area contributed by atoms with Crippen molar-refractivity contribution < 1.29 is 4.74 Å². The van der Waals surface area contributed by atoms with Crippen molar-refractivity contribution >= 4 is 0 Å². The van der Waals surface area contributed by atoms with Crippen LogP contribution >= 0.6 is 0 Å². The van der Waals surface area contributed by atoms with E-state index in [9.17, 15) is 0 Å². The fourth-order valence-corrected chi connectivity index (χ4v) is 4.15. The van der Waals surface area contributed by atoms with Gasteiger partial charge in [-0.3, -0.25) is 9.80 Å². The molecule has 2 saturated heterocycles. The summed E-state index contributed by atoms with van der Waals surface area (Å²) in [7, 11) is 2.20. The van der Waals surface area contributed by atoms with Gasteiger partial charge in [-0.2, -0.15) is 0 Å². The summed E-state index contributed by atoms with van der Waals surface area (Å²) in [6.07, 6.45) is 2.71. The van der Waals surface area contributed by atoms with Crippen molar-refractivity contribution in [2.24, 2.45) is 11.8 Å². The highest BCUT2D eigenvalue weighted by atomic mass is 16.5. The van der Waals surface area contributed by atoms with Gasteiger partial charge in [0.05, 0.1) is 0 Å². The van der Waals surface area contributed by atoms with Gasteiger partial charge >= 0.3 is 0 Å². The number of ether oxygens (including phenoxy) is 1. The summed E-state index contributed by atoms with van der Waals surface area (Å²) in [5.41, 5.74) is 1.34. The van der Waals surface area contributed by atoms with E-state index in [1.165, 1.54) is 44.6 Å². The maximum absolute atomic E-state index is 6.20. The molecular weight excluding hydrogens is 322 g/mol. The highest BCUT2D eigenvalue weighted by Crippen LogP contribution is 2.27. The molecule has 2 aliphatic rings. The second kappa shape index (κ2) is 9.72. The predicted octanol–water partition coefficient (Wildman–Crippen LogP) is 3.18. The van der Waals surface area contributed by atoms with Gasteiger partial charge in [-0.15, -0.1) is 0 Å². The fraction of sp³-hybridized carbons (Fsp3) is 0.727. The molecule has 2 fully saturated rings. The molecule has 1 atom stereocenters. The summed E-state index contributed by atoms with van der Waals surface area (Å²) in [6, 6.07) is 8.63. The van der Waals surface area contributed by atoms with Gasteiger partial charge in [0, 0.05) is 51.4 Å². The quantitative estimate of drug-likeness (QED) is 0.744. The molecule has 0 N–H and O–H groups in total. The monoisotopic (exact) mass is 359 g/mol. The number of para-hydroxylation sites is 1. The lowest BCUT2D eigenvalue weighted by Crippen LogP contribution is -2.45. The molecule has 0 aliphatic carbocycles. The number of hydrogen-bond acceptors (Lipinski definition) is 4. The van der Waals surface area contributed by atoms with Crippen LogP contribution in [0.2, 0.25) is 0 Å². The van der Waals surface area contributed by atoms with Crippen LogP contribution in [-0.2, 0) is 6.54 Å². The average Bonchev–Trinajstić information content (AvgIpc) is 2.65. The standard InChI is InChI=1S/C22H37N3O/c1-19(2)20-8-6-10-25(17-20)18-21-7-4-5-9-22(21)26-16-15-24-13-11-23(3)12-14-24/h4-5,7,9,19-20H,6,8,10-18H2,1-3H3/t20-/m0/s1. The highest BCUT2D eigenvalue weighted by Gasteiger charge is 2.23. The van der Waals surface area contributed by atoms with Gasteiger partial charge in [0.15, 0.2) is 0 Å². The Morgan fingerprint density at radius 3 is 2.58 bits per heavy atom. The van der Waals surface area contributed by atoms with Crippen molar-refractivity contribution in [3.05, 3.63) is 29.8 Å². The van der Waals surface area contributed by atoms with Crippen molar-refractivity contribution in [3.8, 4) is 5.75 Å². The zero-order valence-corrected chi connectivity index (χ0v) is 17.0. The number of benzene rings is 1. The Morgan fingerprint density at radius 2 is 1.81 bits per heavy atom. The third-order valence-corrected chi connectivity index (χ3v) is 6.11. The predicted molar refractivity (Wildman–Crippen MR) is 109 cm³/mol. The number of likely N-dealkylation sites (tertiary alicyclic amines) is 1. The Hall–Kier alpha value is -1.10. The van der Waals surface area contributed by atoms with Crippen LogP contribution in [0.1, 0.15) is 32.3 Å². The molecule has 0 bridgehead atoms. The molecule has 0 amide bonds. The highest BCUT2D eigenvalue weighted by molar-refractivity contribution is 5.33. The summed E-state index contributed by atoms with van der Waals surface area (Å²) in [4.78, 5) is 7.53. The molecule has 146 valence electrons. The van der Waals surface area contributed by atoms with Crippen LogP contribution < -0.4 is 4.74 Å². The second-order valence-electron chi connectivity index (χ2n) is 8.48. The minimum absolute atomic E-state index is 0.785. The van der Waals surface area contributed by atoms with Crippen molar-refractivity contribution in [3.63, 3.8) is 0 Å². The number of rotatable bonds is 7. The maximum atomic E-state index is 6.20. The third-order valence-electron chi connectivity index (χ3n) is 6.11. The van der Waals surface area contributed by atoms with E-state index >= 15 is 0 Å². The number of piperazine rings is 1. The molecule has 0 unspecified atom stereocenters. The fourth-order valence-electron chi connectivity index (χ4n) is 4.15. The summed E-state index contributed by atoms with van der Waals surface area (Å²) in [5, 5.41) is 0. The molecule has 2 aliphatic heterocycles. The van der Waals surface area contributed by atoms with Crippen LogP contribution in [0.4, 0.5) is 0 Å². The first-order valence-corrected chi connectivity index (χ1v) is 10.5. The summed E-state index contributed by atoms with van der Waals surface area (Å²) < 4.78 is 6.20. The Labute approximate surface area is 160 Å². The van der Waals surface area contributed by atoms with Crippen LogP contribution in [0, 0.1) is 11.8 Å². The first-order valence-electron chi connectivity index (χ1n) is 10.5. The number of nitrogens with zero attached hydrogens (tertiary/aromatic N) is 3. The molecule has 4 heteroatoms. The Balaban J connectivity index is 1.49. The minimum Gasteiger partial charge on any atom is -0.492 e. The van der Waals surface area contributed by atoms with Crippen molar-refractivity contribution in [1.82, 2.24) is 14.7 Å². The van der Waals surface area contributed by atoms with E-state index in [4.69, 9.17) is 4.74 Å². The van der Waals surface area contributed by atoms with Crippen LogP contribution in [0.25, 0.3) is 0 Å². The molecule has 0 aromatic heterocycles. The van der Waals surface area contributed by atoms with E-state index in [2.05, 4.69) is 59.9 Å². The number of piperidine rings is 1. The van der Waals surface area contributed by atoms with Gasteiger partial charge in [-0.25, -0.2) is 0 Å². The van der Waals surface area contributed by atoms with Crippen molar-refractivity contribution in [2.75, 3.05) is 59.5 Å². The Bertz CT molecular complexity index is 540. The van der Waals surface area contributed by atoms with Crippen molar-refractivity contribution in [1.29, 1.82) is 0 Å². The first kappa shape index (κ1) is 19.7. The molecule has 0 spiro atoms. The summed E-state index contributed by atoms with van der Waals surface area (Å²) in [6.45, 7) is 14.7. The van der Waals surface area contributed by atoms with Gasteiger partial charge < -0.3 is 9.64 Å². The lowest BCUT2D eigenvalue weighted by atomic mass is 9.88. The molecule has 4 nitrogen and oxygen atoms in total. The van der Waals surface area contributed by atoms with E-state index in [1.54, 1.807) is 0 Å². The molecule has 26 heavy (non-hydrogen) atoms. The largest absolute Gasteiger partial charge is 0.492 e. The van der Waals surface area contributed by atoms with Crippen LogP contribution in [0.3, 0.4) is 0 Å². The van der Waals surface area contributed by atoms with Crippen LogP contribution in [0.15, 0.2) is 24.3 Å². The Kier molecular flexibility index (Phi) is 7.35. The van der Waals surface area contributed by atoms with Gasteiger partial charge in [0.25, 0.3) is 0 Å². The number of hydrogen-bond donors (Lipinski definition) is 0. The molecule has 0 saturated carbocycles. The normalized spacial score (nSPS) is 23.5. The minimum atomic E-state index is 0.785. The zero-order chi connectivity index (χ0) is 18.4. The van der Waals surface area contributed by atoms with Gasteiger partial charge in [-0.05, 0) is 44.3 Å². The lowest BCUT2D eigenvalue weighted by molar-refractivity contribution is 0.129. The van der Waals surface area contributed by atoms with E-state index < -0.39 is 0 Å². The number of likely N-dealkylation sites (N-methyl/N-ethyl adjacent to an activating group) is 1. The van der Waals surface area contributed by atoms with Crippen LogP contribution in [-0.4, -0.2) is 74.2 Å². The maximum Gasteiger partial charge on any atom is 0.123 e. The van der Waals surface area contributed by atoms with E-state index in [1.807, 2.05) is 0 Å². The van der Waals surface area contributed by atoms with Gasteiger partial charge in [0.1, 0.15) is 12.4 Å². The molecule has 0 radical (unpaired) electrons. The van der Waals surface area contributed by atoms with Crippen molar-refractivity contribution in [2.45, 2.75) is 33.2 Å². The molecule has 3 rings (SSSR count). The summed E-state index contributed by atoms with van der Waals surface area (Å²) in [5.74, 6) is 2.70. The first-order chi connectivity index (χ1) is 12.6. The molecular formula is C22H37N3O. The smallest absolute Gasteiger partial charge is 0.123 e. The molecule has 2 heterocycles. The SMILES string of the molecule is CC(C)[C@H]1CCCN(Cc2ccccc2OCCN2CCN(C)CC2)C1. The van der Waals surface area contributed by atoms with Gasteiger partial charge in [0.2, 0.25) is 0 Å². The molecule has 1 aromatic rings. The average molecular weight is 360 g/mol. The Morgan fingerprint density at radius 1 is 1.04 bits per heavy atom. The topological polar surface area (TPSA) is 19.0 Å². The van der Waals surface area contributed by atoms with E-state index in [0.29, 0.717) is 0 Å². The third kappa shape index (κ3) is 5.70. The van der Waals surface area contributed by atoms with E-state index in [0.717, 1.165) is 50.4 Å².